The summed E-state index contributed by atoms with van der Waals surface area (Å²) < 4.78 is 7.64. The molecule has 104 valence electrons. The Hall–Kier alpha value is -0.290. The minimum atomic E-state index is 0. The Labute approximate surface area is 120 Å². The number of nitrogens with one attached hydrogen (secondary N) is 1. The van der Waals surface area contributed by atoms with E-state index in [-0.39, 0.29) is 24.8 Å². The van der Waals surface area contributed by atoms with Gasteiger partial charge in [-0.1, -0.05) is 0 Å². The molecule has 18 heavy (non-hydrogen) atoms. The molecular formula is C12H21Cl2N3O. The van der Waals surface area contributed by atoms with E-state index in [1.54, 1.807) is 0 Å². The number of hydrogen-bond acceptors (Lipinski definition) is 3. The molecule has 0 saturated carbocycles. The molecule has 2 aliphatic rings. The van der Waals surface area contributed by atoms with E-state index < -0.39 is 0 Å². The molecule has 0 spiro atoms. The van der Waals surface area contributed by atoms with Crippen LogP contribution in [-0.2, 0) is 24.8 Å². The lowest BCUT2D eigenvalue weighted by Gasteiger charge is -2.23. The first kappa shape index (κ1) is 15.8. The highest BCUT2D eigenvalue weighted by atomic mass is 35.5. The lowest BCUT2D eigenvalue weighted by atomic mass is 9.91. The minimum Gasteiger partial charge on any atom is -0.376 e. The first-order valence-corrected chi connectivity index (χ1v) is 6.19. The van der Waals surface area contributed by atoms with Gasteiger partial charge in [0.1, 0.15) is 0 Å². The van der Waals surface area contributed by atoms with Gasteiger partial charge in [-0.2, -0.15) is 5.10 Å². The second-order valence-corrected chi connectivity index (χ2v) is 4.76. The molecule has 0 unspecified atom stereocenters. The summed E-state index contributed by atoms with van der Waals surface area (Å²) in [4.78, 5) is 0. The van der Waals surface area contributed by atoms with E-state index in [1.807, 2.05) is 0 Å². The quantitative estimate of drug-likeness (QED) is 0.858. The van der Waals surface area contributed by atoms with Crippen molar-refractivity contribution in [2.24, 2.45) is 7.05 Å². The third kappa shape index (κ3) is 2.82. The van der Waals surface area contributed by atoms with Crippen LogP contribution in [0.1, 0.15) is 35.7 Å². The van der Waals surface area contributed by atoms with Gasteiger partial charge in [0.05, 0.1) is 18.9 Å². The number of halogens is 2. The van der Waals surface area contributed by atoms with E-state index in [0.29, 0.717) is 5.92 Å². The zero-order chi connectivity index (χ0) is 11.0. The second-order valence-electron chi connectivity index (χ2n) is 4.76. The summed E-state index contributed by atoms with van der Waals surface area (Å²) in [5, 5.41) is 8.13. The van der Waals surface area contributed by atoms with Crippen LogP contribution in [0, 0.1) is 0 Å². The molecule has 0 aliphatic carbocycles. The van der Waals surface area contributed by atoms with Crippen LogP contribution in [0.2, 0.25) is 0 Å². The van der Waals surface area contributed by atoms with E-state index in [1.165, 1.54) is 29.8 Å². The maximum atomic E-state index is 5.57. The second kappa shape index (κ2) is 6.75. The van der Waals surface area contributed by atoms with Crippen molar-refractivity contribution in [2.75, 3.05) is 19.7 Å². The van der Waals surface area contributed by atoms with Gasteiger partial charge in [-0.15, -0.1) is 24.8 Å². The van der Waals surface area contributed by atoms with Crippen LogP contribution < -0.4 is 5.32 Å². The van der Waals surface area contributed by atoms with E-state index in [0.717, 1.165) is 32.7 Å². The van der Waals surface area contributed by atoms with Gasteiger partial charge in [0.2, 0.25) is 0 Å². The van der Waals surface area contributed by atoms with Gasteiger partial charge in [0.15, 0.2) is 0 Å². The van der Waals surface area contributed by atoms with Crippen molar-refractivity contribution in [1.82, 2.24) is 15.1 Å². The normalized spacial score (nSPS) is 19.6. The molecule has 0 radical (unpaired) electrons. The number of ether oxygens (including phenoxy) is 1. The number of fused-ring (bicyclic) bond motifs is 1. The maximum Gasteiger partial charge on any atom is 0.0753 e. The topological polar surface area (TPSA) is 39.1 Å². The molecule has 2 aliphatic heterocycles. The summed E-state index contributed by atoms with van der Waals surface area (Å²) in [6, 6.07) is 0. The van der Waals surface area contributed by atoms with E-state index in [2.05, 4.69) is 17.0 Å². The average molecular weight is 294 g/mol. The largest absolute Gasteiger partial charge is 0.376 e. The molecule has 3 rings (SSSR count). The van der Waals surface area contributed by atoms with Crippen LogP contribution in [0.25, 0.3) is 0 Å². The van der Waals surface area contributed by atoms with Crippen molar-refractivity contribution in [3.05, 3.63) is 17.0 Å². The summed E-state index contributed by atoms with van der Waals surface area (Å²) in [6.07, 6.45) is 3.44. The number of nitrogens with zero attached hydrogens (tertiary/aromatic N) is 2. The lowest BCUT2D eigenvalue weighted by Crippen LogP contribution is -2.27. The first-order valence-electron chi connectivity index (χ1n) is 6.19. The maximum absolute atomic E-state index is 5.57. The van der Waals surface area contributed by atoms with Crippen molar-refractivity contribution in [1.29, 1.82) is 0 Å². The molecule has 1 N–H and O–H groups in total. The molecule has 1 aromatic heterocycles. The summed E-state index contributed by atoms with van der Waals surface area (Å²) in [7, 11) is 2.06. The number of aryl methyl sites for hydroxylation is 1. The molecule has 1 aromatic rings. The molecule has 3 heterocycles. The standard InChI is InChI=1S/C12H19N3O.2ClH/c1-15-11-4-7-16-8-10(11)12(14-15)9-2-5-13-6-3-9;;/h9,13H,2-8H2,1H3;2*1H. The smallest absolute Gasteiger partial charge is 0.0753 e. The van der Waals surface area contributed by atoms with Crippen molar-refractivity contribution < 1.29 is 4.74 Å². The monoisotopic (exact) mass is 293 g/mol. The van der Waals surface area contributed by atoms with Crippen molar-refractivity contribution in [3.63, 3.8) is 0 Å². The van der Waals surface area contributed by atoms with Crippen LogP contribution in [0.5, 0.6) is 0 Å². The average Bonchev–Trinajstić information content (AvgIpc) is 2.69. The fraction of sp³-hybridized carbons (Fsp3) is 0.750. The Kier molecular flexibility index (Phi) is 5.92. The Morgan fingerprint density at radius 3 is 2.72 bits per heavy atom. The molecule has 1 saturated heterocycles. The molecule has 0 atom stereocenters. The van der Waals surface area contributed by atoms with Gasteiger partial charge >= 0.3 is 0 Å². The molecule has 6 heteroatoms. The van der Waals surface area contributed by atoms with E-state index >= 15 is 0 Å². The predicted molar refractivity (Wildman–Crippen MR) is 75.9 cm³/mol. The van der Waals surface area contributed by atoms with Gasteiger partial charge in [0, 0.05) is 30.6 Å². The summed E-state index contributed by atoms with van der Waals surface area (Å²) in [5.74, 6) is 0.637. The van der Waals surface area contributed by atoms with Crippen LogP contribution in [0.3, 0.4) is 0 Å². The highest BCUT2D eigenvalue weighted by Gasteiger charge is 2.26. The minimum absolute atomic E-state index is 0. The van der Waals surface area contributed by atoms with Crippen LogP contribution in [0.4, 0.5) is 0 Å². The molecule has 0 amide bonds. The Morgan fingerprint density at radius 1 is 1.28 bits per heavy atom. The van der Waals surface area contributed by atoms with Crippen LogP contribution in [0.15, 0.2) is 0 Å². The van der Waals surface area contributed by atoms with Gasteiger partial charge in [-0.05, 0) is 25.9 Å². The Balaban J connectivity index is 0.000000810. The zero-order valence-corrected chi connectivity index (χ0v) is 12.3. The lowest BCUT2D eigenvalue weighted by molar-refractivity contribution is 0.108. The zero-order valence-electron chi connectivity index (χ0n) is 10.6. The SMILES string of the molecule is Cl.Cl.Cn1nc(C2CCNCC2)c2c1CCOC2. The molecule has 1 fully saturated rings. The van der Waals surface area contributed by atoms with E-state index in [4.69, 9.17) is 9.84 Å². The van der Waals surface area contributed by atoms with Crippen molar-refractivity contribution in [3.8, 4) is 0 Å². The third-order valence-corrected chi connectivity index (χ3v) is 3.76. The van der Waals surface area contributed by atoms with Gasteiger partial charge in [-0.25, -0.2) is 0 Å². The molecular weight excluding hydrogens is 273 g/mol. The molecule has 4 nitrogen and oxygen atoms in total. The number of hydrogen-bond donors (Lipinski definition) is 1. The summed E-state index contributed by atoms with van der Waals surface area (Å²) >= 11 is 0. The van der Waals surface area contributed by atoms with Crippen molar-refractivity contribution in [2.45, 2.75) is 31.8 Å². The number of rotatable bonds is 1. The number of piperidine rings is 1. The molecule has 0 aromatic carbocycles. The predicted octanol–water partition coefficient (Wildman–Crippen LogP) is 1.80. The number of aromatic nitrogens is 2. The van der Waals surface area contributed by atoms with Crippen LogP contribution >= 0.6 is 24.8 Å². The Morgan fingerprint density at radius 2 is 2.00 bits per heavy atom. The van der Waals surface area contributed by atoms with Crippen LogP contribution in [-0.4, -0.2) is 29.5 Å². The highest BCUT2D eigenvalue weighted by Crippen LogP contribution is 2.30. The summed E-state index contributed by atoms with van der Waals surface area (Å²) in [5.41, 5.74) is 4.07. The van der Waals surface area contributed by atoms with Gasteiger partial charge in [-0.3, -0.25) is 4.68 Å². The Bertz CT molecular complexity index is 389. The fourth-order valence-corrected chi connectivity index (χ4v) is 2.86. The van der Waals surface area contributed by atoms with Gasteiger partial charge < -0.3 is 10.1 Å². The van der Waals surface area contributed by atoms with Gasteiger partial charge in [0.25, 0.3) is 0 Å². The first-order chi connectivity index (χ1) is 7.86. The molecule has 0 bridgehead atoms. The van der Waals surface area contributed by atoms with Crippen molar-refractivity contribution >= 4 is 24.8 Å². The highest BCUT2D eigenvalue weighted by molar-refractivity contribution is 5.85. The summed E-state index contributed by atoms with van der Waals surface area (Å²) in [6.45, 7) is 3.86. The fourth-order valence-electron chi connectivity index (χ4n) is 2.86. The third-order valence-electron chi connectivity index (χ3n) is 3.76. The van der Waals surface area contributed by atoms with E-state index in [9.17, 15) is 0 Å².